The normalized spacial score (nSPS) is 10.4. The van der Waals surface area contributed by atoms with Crippen LogP contribution in [0, 0.1) is 0 Å². The molecule has 0 unspecified atom stereocenters. The van der Waals surface area contributed by atoms with Crippen LogP contribution in [0.3, 0.4) is 0 Å². The summed E-state index contributed by atoms with van der Waals surface area (Å²) in [5.74, 6) is 0.835. The van der Waals surface area contributed by atoms with Crippen LogP contribution in [-0.2, 0) is 13.2 Å². The lowest BCUT2D eigenvalue weighted by Crippen LogP contribution is -2.11. The first-order valence-electron chi connectivity index (χ1n) is 6.45. The maximum Gasteiger partial charge on any atom is 0.119 e. The highest BCUT2D eigenvalue weighted by molar-refractivity contribution is 6.30. The second-order valence-corrected chi connectivity index (χ2v) is 4.78. The van der Waals surface area contributed by atoms with E-state index in [1.54, 1.807) is 0 Å². The molecule has 0 aliphatic rings. The Morgan fingerprint density at radius 2 is 1.79 bits per heavy atom. The van der Waals surface area contributed by atoms with Crippen LogP contribution >= 0.6 is 11.6 Å². The molecule has 0 aromatic heterocycles. The number of halogens is 1. The van der Waals surface area contributed by atoms with Gasteiger partial charge >= 0.3 is 0 Å². The van der Waals surface area contributed by atoms with Crippen LogP contribution in [0.1, 0.15) is 18.1 Å². The Balaban J connectivity index is 1.93. The van der Waals surface area contributed by atoms with Gasteiger partial charge in [-0.15, -0.1) is 0 Å². The van der Waals surface area contributed by atoms with Gasteiger partial charge in [-0.1, -0.05) is 42.8 Å². The SMILES string of the molecule is CCNCc1cccc(COc2ccc(Cl)cc2)c1. The predicted molar refractivity (Wildman–Crippen MR) is 79.6 cm³/mol. The molecule has 1 N–H and O–H groups in total. The summed E-state index contributed by atoms with van der Waals surface area (Å²) in [5.41, 5.74) is 2.45. The standard InChI is InChI=1S/C16H18ClNO/c1-2-18-11-13-4-3-5-14(10-13)12-19-16-8-6-15(17)7-9-16/h3-10,18H,2,11-12H2,1H3. The molecule has 0 saturated heterocycles. The van der Waals surface area contributed by atoms with E-state index in [4.69, 9.17) is 16.3 Å². The Labute approximate surface area is 119 Å². The zero-order chi connectivity index (χ0) is 13.5. The van der Waals surface area contributed by atoms with Crippen LogP contribution in [-0.4, -0.2) is 6.54 Å². The van der Waals surface area contributed by atoms with Crippen molar-refractivity contribution in [3.05, 3.63) is 64.7 Å². The van der Waals surface area contributed by atoms with Gasteiger partial charge in [-0.25, -0.2) is 0 Å². The van der Waals surface area contributed by atoms with Gasteiger partial charge in [-0.2, -0.15) is 0 Å². The molecular weight excluding hydrogens is 258 g/mol. The fraction of sp³-hybridized carbons (Fsp3) is 0.250. The topological polar surface area (TPSA) is 21.3 Å². The molecule has 0 heterocycles. The van der Waals surface area contributed by atoms with E-state index >= 15 is 0 Å². The average Bonchev–Trinajstić information content (AvgIpc) is 2.45. The number of rotatable bonds is 6. The van der Waals surface area contributed by atoms with Crippen molar-refractivity contribution in [2.75, 3.05) is 6.54 Å². The zero-order valence-corrected chi connectivity index (χ0v) is 11.8. The highest BCUT2D eigenvalue weighted by Crippen LogP contribution is 2.17. The Hall–Kier alpha value is -1.51. The van der Waals surface area contributed by atoms with E-state index in [9.17, 15) is 0 Å². The molecular formula is C16H18ClNO. The summed E-state index contributed by atoms with van der Waals surface area (Å²) in [7, 11) is 0. The van der Waals surface area contributed by atoms with Crippen molar-refractivity contribution >= 4 is 11.6 Å². The lowest BCUT2D eigenvalue weighted by molar-refractivity contribution is 0.306. The first-order valence-corrected chi connectivity index (χ1v) is 6.82. The molecule has 0 aliphatic heterocycles. The summed E-state index contributed by atoms with van der Waals surface area (Å²) >= 11 is 5.84. The number of ether oxygens (including phenoxy) is 1. The quantitative estimate of drug-likeness (QED) is 0.859. The first kappa shape index (κ1) is 13.9. The minimum absolute atomic E-state index is 0.571. The molecule has 0 saturated carbocycles. The van der Waals surface area contributed by atoms with Crippen molar-refractivity contribution in [3.63, 3.8) is 0 Å². The molecule has 0 fully saturated rings. The molecule has 2 aromatic carbocycles. The number of hydrogen-bond donors (Lipinski definition) is 1. The largest absolute Gasteiger partial charge is 0.489 e. The maximum atomic E-state index is 5.84. The van der Waals surface area contributed by atoms with Crippen LogP contribution in [0.5, 0.6) is 5.75 Å². The van der Waals surface area contributed by atoms with Crippen LogP contribution in [0.25, 0.3) is 0 Å². The molecule has 0 radical (unpaired) electrons. The Morgan fingerprint density at radius 3 is 2.53 bits per heavy atom. The lowest BCUT2D eigenvalue weighted by Gasteiger charge is -2.08. The Kier molecular flexibility index (Phi) is 5.25. The molecule has 19 heavy (non-hydrogen) atoms. The third kappa shape index (κ3) is 4.58. The summed E-state index contributed by atoms with van der Waals surface area (Å²) in [6.45, 7) is 4.55. The third-order valence-electron chi connectivity index (χ3n) is 2.79. The molecule has 2 nitrogen and oxygen atoms in total. The summed E-state index contributed by atoms with van der Waals surface area (Å²) in [4.78, 5) is 0. The number of hydrogen-bond acceptors (Lipinski definition) is 2. The second kappa shape index (κ2) is 7.17. The van der Waals surface area contributed by atoms with Gasteiger partial charge in [0.05, 0.1) is 0 Å². The second-order valence-electron chi connectivity index (χ2n) is 4.34. The van der Waals surface area contributed by atoms with Crippen molar-refractivity contribution in [3.8, 4) is 5.75 Å². The van der Waals surface area contributed by atoms with E-state index in [1.165, 1.54) is 11.1 Å². The molecule has 0 aliphatic carbocycles. The Bertz CT molecular complexity index is 510. The van der Waals surface area contributed by atoms with Crippen LogP contribution in [0.4, 0.5) is 0 Å². The minimum atomic E-state index is 0.571. The van der Waals surface area contributed by atoms with Gasteiger partial charge in [0.15, 0.2) is 0 Å². The first-order chi connectivity index (χ1) is 9.28. The van der Waals surface area contributed by atoms with Gasteiger partial charge in [-0.3, -0.25) is 0 Å². The van der Waals surface area contributed by atoms with Gasteiger partial charge in [-0.05, 0) is 41.9 Å². The van der Waals surface area contributed by atoms with Gasteiger partial charge in [0.2, 0.25) is 0 Å². The summed E-state index contributed by atoms with van der Waals surface area (Å²) in [6.07, 6.45) is 0. The maximum absolute atomic E-state index is 5.84. The lowest BCUT2D eigenvalue weighted by atomic mass is 10.1. The average molecular weight is 276 g/mol. The van der Waals surface area contributed by atoms with Crippen LogP contribution < -0.4 is 10.1 Å². The molecule has 3 heteroatoms. The molecule has 2 aromatic rings. The van der Waals surface area contributed by atoms with Crippen molar-refractivity contribution in [2.45, 2.75) is 20.1 Å². The van der Waals surface area contributed by atoms with E-state index < -0.39 is 0 Å². The number of benzene rings is 2. The van der Waals surface area contributed by atoms with Crippen molar-refractivity contribution in [2.24, 2.45) is 0 Å². The van der Waals surface area contributed by atoms with Gasteiger partial charge in [0.25, 0.3) is 0 Å². The van der Waals surface area contributed by atoms with Gasteiger partial charge in [0, 0.05) is 11.6 Å². The summed E-state index contributed by atoms with van der Waals surface area (Å²) in [5, 5.41) is 4.04. The number of nitrogens with one attached hydrogen (secondary N) is 1. The smallest absolute Gasteiger partial charge is 0.119 e. The van der Waals surface area contributed by atoms with E-state index in [-0.39, 0.29) is 0 Å². The fourth-order valence-corrected chi connectivity index (χ4v) is 1.92. The molecule has 100 valence electrons. The zero-order valence-electron chi connectivity index (χ0n) is 11.0. The van der Waals surface area contributed by atoms with E-state index in [1.807, 2.05) is 24.3 Å². The highest BCUT2D eigenvalue weighted by atomic mass is 35.5. The van der Waals surface area contributed by atoms with Crippen LogP contribution in [0.2, 0.25) is 5.02 Å². The van der Waals surface area contributed by atoms with Crippen molar-refractivity contribution in [1.82, 2.24) is 5.32 Å². The molecule has 0 spiro atoms. The van der Waals surface area contributed by atoms with Gasteiger partial charge < -0.3 is 10.1 Å². The van der Waals surface area contributed by atoms with Gasteiger partial charge in [0.1, 0.15) is 12.4 Å². The summed E-state index contributed by atoms with van der Waals surface area (Å²) < 4.78 is 5.73. The minimum Gasteiger partial charge on any atom is -0.489 e. The van der Waals surface area contributed by atoms with Crippen LogP contribution in [0.15, 0.2) is 48.5 Å². The Morgan fingerprint density at radius 1 is 1.05 bits per heavy atom. The summed E-state index contributed by atoms with van der Waals surface area (Å²) in [6, 6.07) is 15.8. The highest BCUT2D eigenvalue weighted by Gasteiger charge is 1.98. The van der Waals surface area contributed by atoms with E-state index in [0.29, 0.717) is 6.61 Å². The van der Waals surface area contributed by atoms with Crippen molar-refractivity contribution in [1.29, 1.82) is 0 Å². The van der Waals surface area contributed by atoms with E-state index in [0.717, 1.165) is 23.9 Å². The molecule has 0 amide bonds. The third-order valence-corrected chi connectivity index (χ3v) is 3.04. The van der Waals surface area contributed by atoms with E-state index in [2.05, 4.69) is 36.5 Å². The molecule has 2 rings (SSSR count). The fourth-order valence-electron chi connectivity index (χ4n) is 1.80. The molecule has 0 bridgehead atoms. The monoisotopic (exact) mass is 275 g/mol. The van der Waals surface area contributed by atoms with Crippen molar-refractivity contribution < 1.29 is 4.74 Å². The predicted octanol–water partition coefficient (Wildman–Crippen LogP) is 4.03. The molecule has 0 atom stereocenters.